The van der Waals surface area contributed by atoms with Crippen molar-refractivity contribution in [1.82, 2.24) is 4.98 Å². The number of alkyl halides is 3. The molecule has 0 bridgehead atoms. The first-order valence-electron chi connectivity index (χ1n) is 5.80. The Bertz CT molecular complexity index is 833. The van der Waals surface area contributed by atoms with Crippen molar-refractivity contribution in [2.45, 2.75) is 11.1 Å². The second-order valence-corrected chi connectivity index (χ2v) is 5.97. The first kappa shape index (κ1) is 16.0. The summed E-state index contributed by atoms with van der Waals surface area (Å²) in [5, 5.41) is 0. The van der Waals surface area contributed by atoms with Gasteiger partial charge in [-0.1, -0.05) is 6.07 Å². The molecule has 5 nitrogen and oxygen atoms in total. The number of aromatic nitrogens is 1. The highest BCUT2D eigenvalue weighted by Gasteiger charge is 2.31. The van der Waals surface area contributed by atoms with Crippen LogP contribution in [0.25, 0.3) is 11.1 Å². The standard InChI is InChI=1S/C13H10F3N3O2S/c1-18-22(20,21)12-5-10(17)2-3-11(12)8-4-9(7-19-6-8)13(14,15)16/h2-7H,1,17H2. The van der Waals surface area contributed by atoms with Crippen molar-refractivity contribution < 1.29 is 21.6 Å². The van der Waals surface area contributed by atoms with Gasteiger partial charge in [0.05, 0.1) is 10.5 Å². The predicted octanol–water partition coefficient (Wildman–Crippen LogP) is 2.74. The summed E-state index contributed by atoms with van der Waals surface area (Å²) in [6, 6.07) is 4.59. The number of pyridine rings is 1. The van der Waals surface area contributed by atoms with E-state index in [1.165, 1.54) is 12.1 Å². The van der Waals surface area contributed by atoms with Crippen LogP contribution in [0.15, 0.2) is 46.0 Å². The van der Waals surface area contributed by atoms with Gasteiger partial charge in [0.25, 0.3) is 10.0 Å². The van der Waals surface area contributed by atoms with E-state index in [4.69, 9.17) is 5.73 Å². The van der Waals surface area contributed by atoms with Crippen LogP contribution in [0.2, 0.25) is 0 Å². The fourth-order valence-corrected chi connectivity index (χ4v) is 2.69. The number of nitrogens with two attached hydrogens (primary N) is 1. The van der Waals surface area contributed by atoms with E-state index in [1.807, 2.05) is 0 Å². The third-order valence-corrected chi connectivity index (χ3v) is 4.06. The van der Waals surface area contributed by atoms with E-state index >= 15 is 0 Å². The summed E-state index contributed by atoms with van der Waals surface area (Å²) in [6.45, 7) is 2.96. The van der Waals surface area contributed by atoms with Crippen molar-refractivity contribution in [2.24, 2.45) is 4.40 Å². The minimum atomic E-state index is -4.59. The number of anilines is 1. The van der Waals surface area contributed by atoms with Crippen molar-refractivity contribution in [3.8, 4) is 11.1 Å². The number of sulfonamides is 1. The van der Waals surface area contributed by atoms with E-state index in [2.05, 4.69) is 16.1 Å². The van der Waals surface area contributed by atoms with Gasteiger partial charge in [-0.2, -0.15) is 26.0 Å². The maximum absolute atomic E-state index is 12.7. The summed E-state index contributed by atoms with van der Waals surface area (Å²) in [5.74, 6) is 0. The van der Waals surface area contributed by atoms with Crippen LogP contribution in [-0.4, -0.2) is 20.1 Å². The average Bonchev–Trinajstić information content (AvgIpc) is 2.46. The fourth-order valence-electron chi connectivity index (χ4n) is 1.80. The fraction of sp³-hybridized carbons (Fsp3) is 0.0769. The molecule has 1 aromatic heterocycles. The Labute approximate surface area is 124 Å². The third-order valence-electron chi connectivity index (χ3n) is 2.83. The molecule has 0 aliphatic heterocycles. The summed E-state index contributed by atoms with van der Waals surface area (Å²) in [7, 11) is -4.12. The van der Waals surface area contributed by atoms with Crippen LogP contribution in [0.1, 0.15) is 5.56 Å². The number of hydrogen-bond donors (Lipinski definition) is 1. The Morgan fingerprint density at radius 1 is 1.18 bits per heavy atom. The summed E-state index contributed by atoms with van der Waals surface area (Å²) in [6.07, 6.45) is -2.81. The summed E-state index contributed by atoms with van der Waals surface area (Å²) in [4.78, 5) is 3.18. The van der Waals surface area contributed by atoms with E-state index in [0.29, 0.717) is 6.20 Å². The first-order valence-corrected chi connectivity index (χ1v) is 7.24. The quantitative estimate of drug-likeness (QED) is 0.693. The van der Waals surface area contributed by atoms with Gasteiger partial charge in [0.2, 0.25) is 0 Å². The lowest BCUT2D eigenvalue weighted by Gasteiger charge is -2.11. The van der Waals surface area contributed by atoms with Gasteiger partial charge in [0, 0.05) is 35.9 Å². The maximum Gasteiger partial charge on any atom is 0.417 e. The molecule has 0 atom stereocenters. The lowest BCUT2D eigenvalue weighted by Crippen LogP contribution is -2.06. The molecule has 0 saturated heterocycles. The van der Waals surface area contributed by atoms with E-state index < -0.39 is 21.8 Å². The van der Waals surface area contributed by atoms with Crippen LogP contribution < -0.4 is 5.73 Å². The first-order chi connectivity index (χ1) is 10.1. The summed E-state index contributed by atoms with van der Waals surface area (Å²) >= 11 is 0. The zero-order chi connectivity index (χ0) is 16.5. The van der Waals surface area contributed by atoms with Gasteiger partial charge in [-0.3, -0.25) is 4.98 Å². The second-order valence-electron chi connectivity index (χ2n) is 4.32. The highest BCUT2D eigenvalue weighted by molar-refractivity contribution is 7.90. The molecule has 1 aromatic carbocycles. The zero-order valence-electron chi connectivity index (χ0n) is 11.0. The van der Waals surface area contributed by atoms with Crippen LogP contribution in [-0.2, 0) is 16.2 Å². The smallest absolute Gasteiger partial charge is 0.399 e. The number of nitrogens with zero attached hydrogens (tertiary/aromatic N) is 2. The number of rotatable bonds is 3. The Kier molecular flexibility index (Phi) is 3.92. The Hall–Kier alpha value is -2.42. The normalized spacial score (nSPS) is 12.1. The van der Waals surface area contributed by atoms with Gasteiger partial charge in [-0.05, 0) is 18.2 Å². The van der Waals surface area contributed by atoms with E-state index in [9.17, 15) is 21.6 Å². The van der Waals surface area contributed by atoms with Crippen LogP contribution in [0.5, 0.6) is 0 Å². The number of benzene rings is 1. The highest BCUT2D eigenvalue weighted by atomic mass is 32.2. The minimum Gasteiger partial charge on any atom is -0.399 e. The molecule has 22 heavy (non-hydrogen) atoms. The van der Waals surface area contributed by atoms with Crippen molar-refractivity contribution in [3.05, 3.63) is 42.2 Å². The molecular formula is C13H10F3N3O2S. The number of hydrogen-bond acceptors (Lipinski definition) is 4. The molecule has 0 spiro atoms. The molecule has 0 saturated carbocycles. The van der Waals surface area contributed by atoms with E-state index in [0.717, 1.165) is 18.3 Å². The minimum absolute atomic E-state index is 0.0141. The van der Waals surface area contributed by atoms with Gasteiger partial charge in [-0.15, -0.1) is 0 Å². The molecule has 2 aromatic rings. The van der Waals surface area contributed by atoms with Crippen LogP contribution in [0.4, 0.5) is 18.9 Å². The monoisotopic (exact) mass is 329 g/mol. The van der Waals surface area contributed by atoms with Crippen molar-refractivity contribution in [3.63, 3.8) is 0 Å². The van der Waals surface area contributed by atoms with Gasteiger partial charge in [0.15, 0.2) is 0 Å². The molecule has 0 fully saturated rings. The molecule has 0 unspecified atom stereocenters. The molecule has 0 amide bonds. The Morgan fingerprint density at radius 3 is 2.45 bits per heavy atom. The third kappa shape index (κ3) is 3.08. The number of nitrogen functional groups attached to an aromatic ring is 1. The van der Waals surface area contributed by atoms with E-state index in [1.54, 1.807) is 0 Å². The Balaban J connectivity index is 2.71. The largest absolute Gasteiger partial charge is 0.417 e. The van der Waals surface area contributed by atoms with Crippen LogP contribution in [0, 0.1) is 0 Å². The van der Waals surface area contributed by atoms with Gasteiger partial charge in [0.1, 0.15) is 0 Å². The van der Waals surface area contributed by atoms with Crippen molar-refractivity contribution >= 4 is 22.4 Å². The molecule has 9 heteroatoms. The lowest BCUT2D eigenvalue weighted by molar-refractivity contribution is -0.137. The number of halogens is 3. The molecular weight excluding hydrogens is 319 g/mol. The Morgan fingerprint density at radius 2 is 1.86 bits per heavy atom. The topological polar surface area (TPSA) is 85.4 Å². The zero-order valence-corrected chi connectivity index (χ0v) is 11.8. The average molecular weight is 329 g/mol. The molecule has 2 rings (SSSR count). The lowest BCUT2D eigenvalue weighted by atomic mass is 10.1. The summed E-state index contributed by atoms with van der Waals surface area (Å²) < 4.78 is 65.0. The van der Waals surface area contributed by atoms with Crippen LogP contribution >= 0.6 is 0 Å². The summed E-state index contributed by atoms with van der Waals surface area (Å²) in [5.41, 5.74) is 4.67. The molecule has 0 radical (unpaired) electrons. The van der Waals surface area contributed by atoms with Gasteiger partial charge < -0.3 is 5.73 Å². The molecule has 0 aliphatic carbocycles. The van der Waals surface area contributed by atoms with Gasteiger partial charge in [-0.25, -0.2) is 0 Å². The molecule has 116 valence electrons. The highest BCUT2D eigenvalue weighted by Crippen LogP contribution is 2.34. The van der Waals surface area contributed by atoms with Crippen LogP contribution in [0.3, 0.4) is 0 Å². The molecule has 2 N–H and O–H groups in total. The SMILES string of the molecule is C=NS(=O)(=O)c1cc(N)ccc1-c1cncc(C(F)(F)F)c1. The maximum atomic E-state index is 12.7. The van der Waals surface area contributed by atoms with Gasteiger partial charge >= 0.3 is 6.18 Å². The predicted molar refractivity (Wildman–Crippen MR) is 75.8 cm³/mol. The van der Waals surface area contributed by atoms with Crippen molar-refractivity contribution in [1.29, 1.82) is 0 Å². The van der Waals surface area contributed by atoms with E-state index in [-0.39, 0.29) is 21.7 Å². The second kappa shape index (κ2) is 5.41. The van der Waals surface area contributed by atoms with Crippen molar-refractivity contribution in [2.75, 3.05) is 5.73 Å². The molecule has 0 aliphatic rings. The molecule has 1 heterocycles.